The normalized spacial score (nSPS) is 9.79. The van der Waals surface area contributed by atoms with Crippen molar-refractivity contribution in [1.29, 1.82) is 0 Å². The quantitative estimate of drug-likeness (QED) is 0.731. The fourth-order valence-electron chi connectivity index (χ4n) is 1.10. The predicted octanol–water partition coefficient (Wildman–Crippen LogP) is 3.57. The van der Waals surface area contributed by atoms with E-state index in [1.807, 2.05) is 42.5 Å². The molecule has 0 fully saturated rings. The van der Waals surface area contributed by atoms with E-state index in [1.54, 1.807) is 6.07 Å². The largest absolute Gasteiger partial charge is 0.456 e. The van der Waals surface area contributed by atoms with Gasteiger partial charge in [-0.1, -0.05) is 30.3 Å². The molecule has 2 aromatic rings. The van der Waals surface area contributed by atoms with Crippen LogP contribution in [0.25, 0.3) is 0 Å². The lowest BCUT2D eigenvalue weighted by atomic mass is 10.3. The van der Waals surface area contributed by atoms with E-state index in [-0.39, 0.29) is 0 Å². The van der Waals surface area contributed by atoms with Crippen LogP contribution in [-0.2, 0) is 0 Å². The Kier molecular flexibility index (Phi) is 2.75. The summed E-state index contributed by atoms with van der Waals surface area (Å²) in [5, 5.41) is 0. The van der Waals surface area contributed by atoms with Gasteiger partial charge in [0.25, 0.3) is 0 Å². The summed E-state index contributed by atoms with van der Waals surface area (Å²) in [5.41, 5.74) is 0. The molecule has 2 aromatic carbocycles. The molecule has 0 aromatic heterocycles. The second kappa shape index (κ2) is 4.20. The van der Waals surface area contributed by atoms with E-state index < -0.39 is 0 Å². The maximum atomic E-state index is 5.58. The molecule has 0 aliphatic rings. The molecule has 69 valence electrons. The molecule has 1 nitrogen and oxygen atoms in total. The fourth-order valence-corrected chi connectivity index (χ4v) is 1.30. The first-order valence-corrected chi connectivity index (χ1v) is 4.73. The van der Waals surface area contributed by atoms with Crippen molar-refractivity contribution in [3.8, 4) is 11.5 Å². The molecule has 1 radical (unpaired) electrons. The van der Waals surface area contributed by atoms with Gasteiger partial charge in [0.15, 0.2) is 0 Å². The molecule has 2 heteroatoms. The van der Waals surface area contributed by atoms with E-state index in [0.717, 1.165) is 10.6 Å². The minimum absolute atomic E-state index is 0.655. The highest BCUT2D eigenvalue weighted by atomic mass is 32.1. The standard InChI is InChI=1S/C12H9OS/c14-12-9-5-4-8-11(12)13-10-6-2-1-3-7-10/h1-7,9,14H. The number of thiol groups is 1. The van der Waals surface area contributed by atoms with Crippen molar-refractivity contribution >= 4 is 12.6 Å². The van der Waals surface area contributed by atoms with Crippen LogP contribution in [0.15, 0.2) is 53.4 Å². The first-order valence-electron chi connectivity index (χ1n) is 4.29. The molecule has 0 unspecified atom stereocenters. The van der Waals surface area contributed by atoms with Crippen LogP contribution in [0.1, 0.15) is 0 Å². The lowest BCUT2D eigenvalue weighted by molar-refractivity contribution is 0.470. The predicted molar refractivity (Wildman–Crippen MR) is 59.0 cm³/mol. The van der Waals surface area contributed by atoms with Gasteiger partial charge in [-0.2, -0.15) is 0 Å². The van der Waals surface area contributed by atoms with E-state index >= 15 is 0 Å². The van der Waals surface area contributed by atoms with Gasteiger partial charge in [0.1, 0.15) is 11.5 Å². The zero-order valence-corrected chi connectivity index (χ0v) is 8.37. The van der Waals surface area contributed by atoms with E-state index in [0.29, 0.717) is 5.75 Å². The molecule has 0 aliphatic heterocycles. The topological polar surface area (TPSA) is 9.23 Å². The number of benzene rings is 2. The maximum absolute atomic E-state index is 5.58. The summed E-state index contributed by atoms with van der Waals surface area (Å²) < 4.78 is 5.58. The Balaban J connectivity index is 2.24. The lowest BCUT2D eigenvalue weighted by Crippen LogP contribution is -1.84. The smallest absolute Gasteiger partial charge is 0.148 e. The molecule has 0 saturated heterocycles. The summed E-state index contributed by atoms with van der Waals surface area (Å²) in [6.07, 6.45) is 0. The van der Waals surface area contributed by atoms with Crippen LogP contribution < -0.4 is 4.74 Å². The minimum Gasteiger partial charge on any atom is -0.456 e. The molecule has 0 atom stereocenters. The van der Waals surface area contributed by atoms with Crippen LogP contribution in [0.3, 0.4) is 0 Å². The summed E-state index contributed by atoms with van der Waals surface area (Å²) in [4.78, 5) is 0.788. The van der Waals surface area contributed by atoms with Crippen molar-refractivity contribution in [2.75, 3.05) is 0 Å². The van der Waals surface area contributed by atoms with Crippen molar-refractivity contribution in [2.45, 2.75) is 4.90 Å². The molecule has 0 saturated carbocycles. The number of para-hydroxylation sites is 2. The maximum Gasteiger partial charge on any atom is 0.148 e. The van der Waals surface area contributed by atoms with Crippen molar-refractivity contribution in [1.82, 2.24) is 0 Å². The SMILES string of the molecule is Sc1ccc[c]c1Oc1ccccc1. The number of ether oxygens (including phenoxy) is 1. The summed E-state index contributed by atoms with van der Waals surface area (Å²) in [6, 6.07) is 18.1. The highest BCUT2D eigenvalue weighted by molar-refractivity contribution is 7.80. The molecule has 0 N–H and O–H groups in total. The third-order valence-electron chi connectivity index (χ3n) is 1.76. The zero-order chi connectivity index (χ0) is 9.80. The third kappa shape index (κ3) is 2.09. The molecular formula is C12H9OS. The second-order valence-corrected chi connectivity index (χ2v) is 3.28. The lowest BCUT2D eigenvalue weighted by Gasteiger charge is -2.06. The Morgan fingerprint density at radius 3 is 2.50 bits per heavy atom. The zero-order valence-electron chi connectivity index (χ0n) is 7.47. The van der Waals surface area contributed by atoms with Gasteiger partial charge in [0, 0.05) is 11.0 Å². The van der Waals surface area contributed by atoms with Crippen molar-refractivity contribution < 1.29 is 4.74 Å². The minimum atomic E-state index is 0.655. The number of rotatable bonds is 2. The Morgan fingerprint density at radius 2 is 1.79 bits per heavy atom. The van der Waals surface area contributed by atoms with E-state index in [2.05, 4.69) is 18.7 Å². The Hall–Kier alpha value is -1.41. The summed E-state index contributed by atoms with van der Waals surface area (Å²) in [6.45, 7) is 0. The average Bonchev–Trinajstić information content (AvgIpc) is 2.23. The van der Waals surface area contributed by atoms with Crippen LogP contribution in [0.2, 0.25) is 0 Å². The van der Waals surface area contributed by atoms with Crippen LogP contribution in [-0.4, -0.2) is 0 Å². The number of hydrogen-bond acceptors (Lipinski definition) is 2. The van der Waals surface area contributed by atoms with Crippen LogP contribution in [0, 0.1) is 6.07 Å². The van der Waals surface area contributed by atoms with Crippen LogP contribution >= 0.6 is 12.6 Å². The van der Waals surface area contributed by atoms with Gasteiger partial charge >= 0.3 is 0 Å². The van der Waals surface area contributed by atoms with Crippen molar-refractivity contribution in [3.63, 3.8) is 0 Å². The molecule has 2 rings (SSSR count). The van der Waals surface area contributed by atoms with Gasteiger partial charge in [-0.15, -0.1) is 12.6 Å². The van der Waals surface area contributed by atoms with Gasteiger partial charge in [0.05, 0.1) is 0 Å². The second-order valence-electron chi connectivity index (χ2n) is 2.80. The molecule has 0 heterocycles. The Morgan fingerprint density at radius 1 is 1.00 bits per heavy atom. The van der Waals surface area contributed by atoms with E-state index in [9.17, 15) is 0 Å². The Bertz CT molecular complexity index is 412. The van der Waals surface area contributed by atoms with E-state index in [4.69, 9.17) is 4.74 Å². The molecule has 0 aliphatic carbocycles. The highest BCUT2D eigenvalue weighted by Crippen LogP contribution is 2.26. The van der Waals surface area contributed by atoms with Crippen LogP contribution in [0.5, 0.6) is 11.5 Å². The molecular weight excluding hydrogens is 192 g/mol. The van der Waals surface area contributed by atoms with E-state index in [1.165, 1.54) is 0 Å². The summed E-state index contributed by atoms with van der Waals surface area (Å²) in [7, 11) is 0. The Labute approximate surface area is 88.8 Å². The van der Waals surface area contributed by atoms with Gasteiger partial charge in [-0.05, 0) is 18.2 Å². The first-order chi connectivity index (χ1) is 6.86. The molecule has 14 heavy (non-hydrogen) atoms. The third-order valence-corrected chi connectivity index (χ3v) is 2.11. The molecule has 0 amide bonds. The van der Waals surface area contributed by atoms with Gasteiger partial charge in [-0.25, -0.2) is 0 Å². The first kappa shape index (κ1) is 9.16. The van der Waals surface area contributed by atoms with Gasteiger partial charge < -0.3 is 4.74 Å². The van der Waals surface area contributed by atoms with Crippen molar-refractivity contribution in [3.05, 3.63) is 54.6 Å². The van der Waals surface area contributed by atoms with Gasteiger partial charge in [0.2, 0.25) is 0 Å². The fraction of sp³-hybridized carbons (Fsp3) is 0. The number of hydrogen-bond donors (Lipinski definition) is 1. The molecule has 0 spiro atoms. The summed E-state index contributed by atoms with van der Waals surface area (Å²) >= 11 is 4.27. The average molecular weight is 201 g/mol. The van der Waals surface area contributed by atoms with Crippen molar-refractivity contribution in [2.24, 2.45) is 0 Å². The van der Waals surface area contributed by atoms with Crippen LogP contribution in [0.4, 0.5) is 0 Å². The summed E-state index contributed by atoms with van der Waals surface area (Å²) in [5.74, 6) is 1.45. The highest BCUT2D eigenvalue weighted by Gasteiger charge is 1.99. The monoisotopic (exact) mass is 201 g/mol. The molecule has 0 bridgehead atoms. The van der Waals surface area contributed by atoms with Gasteiger partial charge in [-0.3, -0.25) is 0 Å².